The fourth-order valence-electron chi connectivity index (χ4n) is 2.59. The first-order valence-electron chi connectivity index (χ1n) is 8.39. The summed E-state index contributed by atoms with van der Waals surface area (Å²) in [6.07, 6.45) is 1.42. The summed E-state index contributed by atoms with van der Waals surface area (Å²) in [6, 6.07) is 6.44. The van der Waals surface area contributed by atoms with E-state index < -0.39 is 35.7 Å². The highest BCUT2D eigenvalue weighted by Gasteiger charge is 2.26. The molecule has 0 aliphatic rings. The van der Waals surface area contributed by atoms with E-state index in [1.165, 1.54) is 37.4 Å². The Labute approximate surface area is 165 Å². The Morgan fingerprint density at radius 2 is 1.82 bits per heavy atom. The Hall–Kier alpha value is -3.00. The zero-order valence-corrected chi connectivity index (χ0v) is 15.7. The molecule has 0 fully saturated rings. The second-order valence-corrected chi connectivity index (χ2v) is 6.57. The van der Waals surface area contributed by atoms with Crippen LogP contribution in [0.15, 0.2) is 42.6 Å². The first kappa shape index (κ1) is 21.3. The summed E-state index contributed by atoms with van der Waals surface area (Å²) in [5, 5.41) is 14.6. The van der Waals surface area contributed by atoms with Crippen molar-refractivity contribution in [3.05, 3.63) is 64.7 Å². The van der Waals surface area contributed by atoms with Crippen LogP contribution in [0, 0.1) is 5.82 Å². The van der Waals surface area contributed by atoms with E-state index in [1.54, 1.807) is 12.1 Å². The number of pyridine rings is 1. The molecular formula is C19H19ClFN3O4. The molecular weight excluding hydrogens is 389 g/mol. The average Bonchev–Trinajstić information content (AvgIpc) is 2.62. The summed E-state index contributed by atoms with van der Waals surface area (Å²) < 4.78 is 13.4. The van der Waals surface area contributed by atoms with Gasteiger partial charge in [0.25, 0.3) is 0 Å². The van der Waals surface area contributed by atoms with Gasteiger partial charge < -0.3 is 15.7 Å². The molecule has 148 valence electrons. The van der Waals surface area contributed by atoms with Crippen LogP contribution in [-0.2, 0) is 27.2 Å². The zero-order valence-electron chi connectivity index (χ0n) is 15.0. The van der Waals surface area contributed by atoms with Gasteiger partial charge >= 0.3 is 5.97 Å². The molecule has 1 aromatic heterocycles. The van der Waals surface area contributed by atoms with Crippen LogP contribution in [0.2, 0.25) is 5.15 Å². The number of carboxylic acids is 1. The van der Waals surface area contributed by atoms with Crippen LogP contribution >= 0.6 is 11.6 Å². The lowest BCUT2D eigenvalue weighted by atomic mass is 10.0. The monoisotopic (exact) mass is 407 g/mol. The van der Waals surface area contributed by atoms with Gasteiger partial charge in [0.05, 0.1) is 0 Å². The van der Waals surface area contributed by atoms with Gasteiger partial charge in [0.1, 0.15) is 23.1 Å². The number of carbonyl (C=O) groups excluding carboxylic acids is 2. The predicted molar refractivity (Wildman–Crippen MR) is 100 cm³/mol. The molecule has 3 N–H and O–H groups in total. The molecule has 2 atom stereocenters. The number of benzene rings is 1. The molecule has 0 bridgehead atoms. The van der Waals surface area contributed by atoms with Gasteiger partial charge in [-0.3, -0.25) is 9.59 Å². The number of nitrogens with one attached hydrogen (secondary N) is 2. The molecule has 0 saturated carbocycles. The topological polar surface area (TPSA) is 108 Å². The summed E-state index contributed by atoms with van der Waals surface area (Å²) >= 11 is 5.71. The number of hydrogen-bond acceptors (Lipinski definition) is 4. The molecule has 9 heteroatoms. The first-order chi connectivity index (χ1) is 13.2. The molecule has 0 radical (unpaired) electrons. The highest BCUT2D eigenvalue weighted by atomic mass is 35.5. The SMILES string of the molecule is CC(=O)N[C@@H](Cc1cccc(F)c1)C(=O)N[C@@H](Cc1ccc(Cl)nc1)C(=O)O. The van der Waals surface area contributed by atoms with E-state index in [0.717, 1.165) is 0 Å². The first-order valence-corrected chi connectivity index (χ1v) is 8.77. The molecule has 2 rings (SSSR count). The molecule has 0 spiro atoms. The van der Waals surface area contributed by atoms with Gasteiger partial charge in [-0.15, -0.1) is 0 Å². The van der Waals surface area contributed by atoms with Crippen molar-refractivity contribution in [2.75, 3.05) is 0 Å². The van der Waals surface area contributed by atoms with Crippen molar-refractivity contribution in [2.24, 2.45) is 0 Å². The lowest BCUT2D eigenvalue weighted by molar-refractivity contribution is -0.142. The van der Waals surface area contributed by atoms with E-state index in [1.807, 2.05) is 0 Å². The fraction of sp³-hybridized carbons (Fsp3) is 0.263. The lowest BCUT2D eigenvalue weighted by Crippen LogP contribution is -2.52. The summed E-state index contributed by atoms with van der Waals surface area (Å²) in [4.78, 5) is 39.5. The van der Waals surface area contributed by atoms with Gasteiger partial charge in [-0.25, -0.2) is 14.2 Å². The van der Waals surface area contributed by atoms with Crippen molar-refractivity contribution in [1.29, 1.82) is 0 Å². The van der Waals surface area contributed by atoms with Gasteiger partial charge in [-0.2, -0.15) is 0 Å². The number of carboxylic acid groups (broad SMARTS) is 1. The Morgan fingerprint density at radius 1 is 1.11 bits per heavy atom. The van der Waals surface area contributed by atoms with Gasteiger partial charge in [0.15, 0.2) is 0 Å². The molecule has 0 saturated heterocycles. The van der Waals surface area contributed by atoms with Crippen molar-refractivity contribution in [3.63, 3.8) is 0 Å². The minimum absolute atomic E-state index is 0.0119. The minimum atomic E-state index is -1.24. The number of carbonyl (C=O) groups is 3. The third kappa shape index (κ3) is 6.62. The molecule has 0 aliphatic carbocycles. The standard InChI is InChI=1S/C19H19ClFN3O4/c1-11(25)23-15(8-12-3-2-4-14(21)7-12)18(26)24-16(19(27)28)9-13-5-6-17(20)22-10-13/h2-7,10,15-16H,8-9H2,1H3,(H,23,25)(H,24,26)(H,27,28)/t15-,16-/m0/s1. The number of aromatic nitrogens is 1. The van der Waals surface area contributed by atoms with Crippen LogP contribution in [0.1, 0.15) is 18.1 Å². The summed E-state index contributed by atoms with van der Waals surface area (Å²) in [6.45, 7) is 1.24. The van der Waals surface area contributed by atoms with Crippen LogP contribution in [-0.4, -0.2) is 40.0 Å². The van der Waals surface area contributed by atoms with Crippen molar-refractivity contribution in [1.82, 2.24) is 15.6 Å². The Bertz CT molecular complexity index is 861. The van der Waals surface area contributed by atoms with Gasteiger partial charge in [0.2, 0.25) is 11.8 Å². The molecule has 2 amide bonds. The maximum absolute atomic E-state index is 13.4. The molecule has 1 aromatic carbocycles. The summed E-state index contributed by atoms with van der Waals surface area (Å²) in [5.41, 5.74) is 1.06. The van der Waals surface area contributed by atoms with E-state index in [4.69, 9.17) is 11.6 Å². The highest BCUT2D eigenvalue weighted by molar-refractivity contribution is 6.29. The van der Waals surface area contributed by atoms with Gasteiger partial charge in [-0.05, 0) is 29.3 Å². The lowest BCUT2D eigenvalue weighted by Gasteiger charge is -2.21. The van der Waals surface area contributed by atoms with Gasteiger partial charge in [-0.1, -0.05) is 29.8 Å². The quantitative estimate of drug-likeness (QED) is 0.577. The largest absolute Gasteiger partial charge is 0.480 e. The second-order valence-electron chi connectivity index (χ2n) is 6.18. The molecule has 0 unspecified atom stereocenters. The fourth-order valence-corrected chi connectivity index (χ4v) is 2.70. The zero-order chi connectivity index (χ0) is 20.7. The van der Waals surface area contributed by atoms with Crippen LogP contribution in [0.4, 0.5) is 4.39 Å². The van der Waals surface area contributed by atoms with Crippen molar-refractivity contribution in [2.45, 2.75) is 31.8 Å². The van der Waals surface area contributed by atoms with Crippen molar-refractivity contribution >= 4 is 29.4 Å². The number of amides is 2. The summed E-state index contributed by atoms with van der Waals surface area (Å²) in [7, 11) is 0. The number of halogens is 2. The molecule has 1 heterocycles. The maximum atomic E-state index is 13.4. The minimum Gasteiger partial charge on any atom is -0.480 e. The Morgan fingerprint density at radius 3 is 2.39 bits per heavy atom. The third-order valence-electron chi connectivity index (χ3n) is 3.87. The molecule has 2 aromatic rings. The highest BCUT2D eigenvalue weighted by Crippen LogP contribution is 2.10. The van der Waals surface area contributed by atoms with Gasteiger partial charge in [0, 0.05) is 26.0 Å². The number of nitrogens with zero attached hydrogens (tertiary/aromatic N) is 1. The van der Waals surface area contributed by atoms with Crippen molar-refractivity contribution in [3.8, 4) is 0 Å². The molecule has 28 heavy (non-hydrogen) atoms. The molecule has 0 aliphatic heterocycles. The smallest absolute Gasteiger partial charge is 0.326 e. The summed E-state index contributed by atoms with van der Waals surface area (Å²) in [5.74, 6) is -2.87. The number of aliphatic carboxylic acids is 1. The second kappa shape index (κ2) is 9.80. The average molecular weight is 408 g/mol. The van der Waals surface area contributed by atoms with Crippen LogP contribution < -0.4 is 10.6 Å². The normalized spacial score (nSPS) is 12.7. The van der Waals surface area contributed by atoms with Crippen LogP contribution in [0.3, 0.4) is 0 Å². The molecule has 7 nitrogen and oxygen atoms in total. The van der Waals surface area contributed by atoms with E-state index >= 15 is 0 Å². The Balaban J connectivity index is 2.12. The third-order valence-corrected chi connectivity index (χ3v) is 4.09. The van der Waals surface area contributed by atoms with E-state index in [0.29, 0.717) is 11.1 Å². The van der Waals surface area contributed by atoms with E-state index in [9.17, 15) is 23.9 Å². The maximum Gasteiger partial charge on any atom is 0.326 e. The van der Waals surface area contributed by atoms with Crippen LogP contribution in [0.5, 0.6) is 0 Å². The van der Waals surface area contributed by atoms with E-state index in [2.05, 4.69) is 15.6 Å². The predicted octanol–water partition coefficient (Wildman–Crippen LogP) is 1.73. The van der Waals surface area contributed by atoms with Crippen LogP contribution in [0.25, 0.3) is 0 Å². The van der Waals surface area contributed by atoms with E-state index in [-0.39, 0.29) is 18.0 Å². The van der Waals surface area contributed by atoms with Crippen molar-refractivity contribution < 1.29 is 23.9 Å². The Kier molecular flexibility index (Phi) is 7.45. The number of rotatable bonds is 8. The number of hydrogen-bond donors (Lipinski definition) is 3.